The molecule has 0 spiro atoms. The lowest BCUT2D eigenvalue weighted by Crippen LogP contribution is -2.01. The third-order valence-corrected chi connectivity index (χ3v) is 3.90. The molecule has 1 aliphatic rings. The van der Waals surface area contributed by atoms with Gasteiger partial charge in [-0.15, -0.1) is 0 Å². The number of anilines is 1. The Labute approximate surface area is 115 Å². The van der Waals surface area contributed by atoms with E-state index in [4.69, 9.17) is 0 Å². The van der Waals surface area contributed by atoms with Gasteiger partial charge in [0.1, 0.15) is 0 Å². The van der Waals surface area contributed by atoms with E-state index < -0.39 is 0 Å². The summed E-state index contributed by atoms with van der Waals surface area (Å²) in [7, 11) is 0. The van der Waals surface area contributed by atoms with Gasteiger partial charge in [-0.1, -0.05) is 50.1 Å². The van der Waals surface area contributed by atoms with Crippen LogP contribution in [0.25, 0.3) is 11.1 Å². The highest BCUT2D eigenvalue weighted by atomic mass is 14.9. The number of hydrogen-bond acceptors (Lipinski definition) is 1. The Hall–Kier alpha value is -1.76. The molecule has 0 amide bonds. The second-order valence-electron chi connectivity index (χ2n) is 5.34. The quantitative estimate of drug-likeness (QED) is 0.638. The molecule has 0 fully saturated rings. The summed E-state index contributed by atoms with van der Waals surface area (Å²) >= 11 is 0. The van der Waals surface area contributed by atoms with E-state index >= 15 is 0 Å². The summed E-state index contributed by atoms with van der Waals surface area (Å²) in [4.78, 5) is 0. The summed E-state index contributed by atoms with van der Waals surface area (Å²) in [6.45, 7) is 3.33. The van der Waals surface area contributed by atoms with Crippen molar-refractivity contribution in [3.8, 4) is 11.1 Å². The van der Waals surface area contributed by atoms with Gasteiger partial charge in [0.25, 0.3) is 0 Å². The Kier molecular flexibility index (Phi) is 3.54. The number of benzene rings is 2. The molecular formula is C18H21N. The molecule has 0 radical (unpaired) electrons. The van der Waals surface area contributed by atoms with Crippen molar-refractivity contribution in [1.29, 1.82) is 0 Å². The molecule has 19 heavy (non-hydrogen) atoms. The largest absolute Gasteiger partial charge is 0.385 e. The fraction of sp³-hybridized carbons (Fsp3) is 0.333. The van der Waals surface area contributed by atoms with Gasteiger partial charge in [0.15, 0.2) is 0 Å². The number of hydrogen-bond donors (Lipinski definition) is 1. The normalized spacial score (nSPS) is 12.1. The molecule has 2 aromatic rings. The predicted molar refractivity (Wildman–Crippen MR) is 82.7 cm³/mol. The second kappa shape index (κ2) is 5.48. The minimum atomic E-state index is 1.08. The summed E-state index contributed by atoms with van der Waals surface area (Å²) in [5.74, 6) is 0. The first-order valence-electron chi connectivity index (χ1n) is 7.33. The molecule has 3 rings (SSSR count). The van der Waals surface area contributed by atoms with Crippen LogP contribution in [0.1, 0.15) is 37.3 Å². The fourth-order valence-electron chi connectivity index (χ4n) is 2.86. The average molecular weight is 251 g/mol. The predicted octanol–water partition coefficient (Wildman–Crippen LogP) is 4.86. The van der Waals surface area contributed by atoms with Crippen LogP contribution in [0.5, 0.6) is 0 Å². The first-order valence-corrected chi connectivity index (χ1v) is 7.33. The van der Waals surface area contributed by atoms with Crippen LogP contribution in [-0.4, -0.2) is 6.54 Å². The van der Waals surface area contributed by atoms with Gasteiger partial charge in [-0.05, 0) is 47.2 Å². The van der Waals surface area contributed by atoms with Crippen molar-refractivity contribution in [3.63, 3.8) is 0 Å². The van der Waals surface area contributed by atoms with Gasteiger partial charge in [-0.25, -0.2) is 0 Å². The molecule has 1 nitrogen and oxygen atoms in total. The Bertz CT molecular complexity index is 572. The zero-order valence-electron chi connectivity index (χ0n) is 11.6. The van der Waals surface area contributed by atoms with Crippen LogP contribution in [0, 0.1) is 0 Å². The van der Waals surface area contributed by atoms with Crippen LogP contribution >= 0.6 is 0 Å². The summed E-state index contributed by atoms with van der Waals surface area (Å²) < 4.78 is 0. The molecule has 0 unspecified atom stereocenters. The lowest BCUT2D eigenvalue weighted by Gasteiger charge is -2.08. The van der Waals surface area contributed by atoms with E-state index in [1.807, 2.05) is 0 Å². The number of unbranched alkanes of at least 4 members (excludes halogenated alkanes) is 2. The van der Waals surface area contributed by atoms with Gasteiger partial charge < -0.3 is 5.32 Å². The van der Waals surface area contributed by atoms with Crippen molar-refractivity contribution < 1.29 is 0 Å². The molecular weight excluding hydrogens is 230 g/mol. The van der Waals surface area contributed by atoms with Gasteiger partial charge in [0.2, 0.25) is 0 Å². The maximum Gasteiger partial charge on any atom is 0.0343 e. The third kappa shape index (κ3) is 2.51. The van der Waals surface area contributed by atoms with Crippen molar-refractivity contribution >= 4 is 5.69 Å². The molecule has 1 N–H and O–H groups in total. The Morgan fingerprint density at radius 3 is 2.68 bits per heavy atom. The molecule has 0 bridgehead atoms. The summed E-state index contributed by atoms with van der Waals surface area (Å²) in [6, 6.07) is 15.5. The molecule has 1 heteroatoms. The summed E-state index contributed by atoms with van der Waals surface area (Å²) in [5, 5.41) is 3.54. The molecule has 0 heterocycles. The summed E-state index contributed by atoms with van der Waals surface area (Å²) in [6.07, 6.45) is 4.92. The SMILES string of the molecule is CCCCCNc1ccc2c(c1)Cc1ccccc1-2. The van der Waals surface area contributed by atoms with Crippen LogP contribution in [-0.2, 0) is 6.42 Å². The van der Waals surface area contributed by atoms with E-state index in [0.717, 1.165) is 13.0 Å². The molecule has 0 aromatic heterocycles. The molecule has 98 valence electrons. The van der Waals surface area contributed by atoms with Crippen LogP contribution in [0.2, 0.25) is 0 Å². The Balaban J connectivity index is 1.74. The number of nitrogens with one attached hydrogen (secondary N) is 1. The first kappa shape index (κ1) is 12.3. The highest BCUT2D eigenvalue weighted by molar-refractivity contribution is 5.78. The molecule has 0 atom stereocenters. The van der Waals surface area contributed by atoms with E-state index in [0.29, 0.717) is 0 Å². The van der Waals surface area contributed by atoms with Crippen LogP contribution in [0.4, 0.5) is 5.69 Å². The van der Waals surface area contributed by atoms with Crippen LogP contribution in [0.3, 0.4) is 0 Å². The maximum absolute atomic E-state index is 3.54. The van der Waals surface area contributed by atoms with Crippen molar-refractivity contribution in [1.82, 2.24) is 0 Å². The molecule has 2 aromatic carbocycles. The number of fused-ring (bicyclic) bond motifs is 3. The Morgan fingerprint density at radius 1 is 0.947 bits per heavy atom. The molecule has 0 aliphatic heterocycles. The first-order chi connectivity index (χ1) is 9.38. The highest BCUT2D eigenvalue weighted by Crippen LogP contribution is 2.37. The van der Waals surface area contributed by atoms with E-state index in [2.05, 4.69) is 54.7 Å². The Morgan fingerprint density at radius 2 is 1.79 bits per heavy atom. The maximum atomic E-state index is 3.54. The topological polar surface area (TPSA) is 12.0 Å². The molecule has 0 saturated heterocycles. The molecule has 0 saturated carbocycles. The van der Waals surface area contributed by atoms with E-state index in [9.17, 15) is 0 Å². The lowest BCUT2D eigenvalue weighted by molar-refractivity contribution is 0.744. The van der Waals surface area contributed by atoms with Crippen LogP contribution in [0.15, 0.2) is 42.5 Å². The van der Waals surface area contributed by atoms with Gasteiger partial charge >= 0.3 is 0 Å². The minimum absolute atomic E-state index is 1.08. The van der Waals surface area contributed by atoms with E-state index in [1.54, 1.807) is 0 Å². The van der Waals surface area contributed by atoms with E-state index in [-0.39, 0.29) is 0 Å². The molecule has 1 aliphatic carbocycles. The minimum Gasteiger partial charge on any atom is -0.385 e. The van der Waals surface area contributed by atoms with Gasteiger partial charge in [-0.2, -0.15) is 0 Å². The third-order valence-electron chi connectivity index (χ3n) is 3.90. The van der Waals surface area contributed by atoms with Crippen molar-refractivity contribution in [3.05, 3.63) is 53.6 Å². The smallest absolute Gasteiger partial charge is 0.0343 e. The average Bonchev–Trinajstić information content (AvgIpc) is 2.81. The monoisotopic (exact) mass is 251 g/mol. The van der Waals surface area contributed by atoms with Gasteiger partial charge in [0, 0.05) is 12.2 Å². The fourth-order valence-corrected chi connectivity index (χ4v) is 2.86. The highest BCUT2D eigenvalue weighted by Gasteiger charge is 2.17. The number of rotatable bonds is 5. The van der Waals surface area contributed by atoms with Crippen molar-refractivity contribution in [2.45, 2.75) is 32.6 Å². The zero-order valence-corrected chi connectivity index (χ0v) is 11.6. The lowest BCUT2D eigenvalue weighted by atomic mass is 10.1. The van der Waals surface area contributed by atoms with Gasteiger partial charge in [-0.3, -0.25) is 0 Å². The zero-order chi connectivity index (χ0) is 13.1. The standard InChI is InChI=1S/C18H21N/c1-2-3-6-11-19-16-9-10-18-15(13-16)12-14-7-4-5-8-17(14)18/h4-5,7-10,13,19H,2-3,6,11-12H2,1H3. The van der Waals surface area contributed by atoms with Crippen molar-refractivity contribution in [2.75, 3.05) is 11.9 Å². The van der Waals surface area contributed by atoms with Crippen LogP contribution < -0.4 is 5.32 Å². The summed E-state index contributed by atoms with van der Waals surface area (Å²) in [5.41, 5.74) is 7.01. The van der Waals surface area contributed by atoms with E-state index in [1.165, 1.54) is 47.2 Å². The van der Waals surface area contributed by atoms with Gasteiger partial charge in [0.05, 0.1) is 0 Å². The second-order valence-corrected chi connectivity index (χ2v) is 5.34. The van der Waals surface area contributed by atoms with Crippen molar-refractivity contribution in [2.24, 2.45) is 0 Å².